The molecule has 122 valence electrons. The summed E-state index contributed by atoms with van der Waals surface area (Å²) in [5, 5.41) is 18.2. The Morgan fingerprint density at radius 3 is 2.59 bits per heavy atom. The maximum absolute atomic E-state index is 13.9. The average Bonchev–Trinajstić information content (AvgIpc) is 2.45. The van der Waals surface area contributed by atoms with Crippen LogP contribution in [0.25, 0.3) is 0 Å². The van der Waals surface area contributed by atoms with E-state index in [9.17, 15) is 27.5 Å². The molecule has 1 aromatic rings. The molecule has 1 amide bonds. The highest BCUT2D eigenvalue weighted by Gasteiger charge is 2.35. The van der Waals surface area contributed by atoms with Crippen LogP contribution in [0.4, 0.5) is 28.2 Å². The largest absolute Gasteiger partial charge is 0.465 e. The standard InChI is InChI=1S/C12H13F4N3O3/c13-9-3-7(12(14,15)16)4-17-10(9)19-2-1-18(11(21)22)5-8(19)6-20/h3-4,8,20H,1-2,5-6H2,(H,21,22)/t8-/m1/s1. The van der Waals surface area contributed by atoms with Crippen LogP contribution >= 0.6 is 0 Å². The second-order valence-corrected chi connectivity index (χ2v) is 4.79. The number of nitrogens with zero attached hydrogens (tertiary/aromatic N) is 3. The maximum atomic E-state index is 13.9. The number of carboxylic acid groups (broad SMARTS) is 1. The molecule has 1 aromatic heterocycles. The molecule has 0 aliphatic carbocycles. The number of carbonyl (C=O) groups is 1. The Kier molecular flexibility index (Phi) is 4.40. The van der Waals surface area contributed by atoms with E-state index in [1.807, 2.05) is 0 Å². The smallest absolute Gasteiger partial charge is 0.417 e. The highest BCUT2D eigenvalue weighted by Crippen LogP contribution is 2.31. The van der Waals surface area contributed by atoms with Crippen LogP contribution in [0.15, 0.2) is 12.3 Å². The lowest BCUT2D eigenvalue weighted by molar-refractivity contribution is -0.138. The molecule has 2 N–H and O–H groups in total. The van der Waals surface area contributed by atoms with Gasteiger partial charge >= 0.3 is 12.3 Å². The van der Waals surface area contributed by atoms with Gasteiger partial charge in [0.05, 0.1) is 18.2 Å². The fourth-order valence-electron chi connectivity index (χ4n) is 2.26. The minimum atomic E-state index is -4.70. The van der Waals surface area contributed by atoms with E-state index in [4.69, 9.17) is 5.11 Å². The molecular weight excluding hydrogens is 310 g/mol. The van der Waals surface area contributed by atoms with E-state index in [1.165, 1.54) is 4.90 Å². The molecule has 1 aliphatic heterocycles. The number of piperazine rings is 1. The molecule has 22 heavy (non-hydrogen) atoms. The summed E-state index contributed by atoms with van der Waals surface area (Å²) >= 11 is 0. The number of anilines is 1. The molecule has 1 fully saturated rings. The normalized spacial score (nSPS) is 19.4. The van der Waals surface area contributed by atoms with Crippen molar-refractivity contribution >= 4 is 11.9 Å². The van der Waals surface area contributed by atoms with Crippen LogP contribution in [-0.4, -0.2) is 58.5 Å². The second kappa shape index (κ2) is 5.95. The Balaban J connectivity index is 2.26. The van der Waals surface area contributed by atoms with E-state index in [2.05, 4.69) is 4.98 Å². The van der Waals surface area contributed by atoms with Gasteiger partial charge in [-0.15, -0.1) is 0 Å². The van der Waals surface area contributed by atoms with Gasteiger partial charge in [-0.1, -0.05) is 0 Å². The summed E-state index contributed by atoms with van der Waals surface area (Å²) in [7, 11) is 0. The van der Waals surface area contributed by atoms with E-state index in [0.29, 0.717) is 12.3 Å². The van der Waals surface area contributed by atoms with Crippen molar-refractivity contribution in [2.24, 2.45) is 0 Å². The lowest BCUT2D eigenvalue weighted by Crippen LogP contribution is -2.56. The molecule has 0 saturated carbocycles. The highest BCUT2D eigenvalue weighted by molar-refractivity contribution is 5.65. The third kappa shape index (κ3) is 3.21. The van der Waals surface area contributed by atoms with Gasteiger partial charge in [-0.3, -0.25) is 0 Å². The monoisotopic (exact) mass is 323 g/mol. The number of pyridine rings is 1. The lowest BCUT2D eigenvalue weighted by atomic mass is 10.1. The molecule has 0 radical (unpaired) electrons. The van der Waals surface area contributed by atoms with E-state index in [1.54, 1.807) is 0 Å². The van der Waals surface area contributed by atoms with Crippen LogP contribution in [0.2, 0.25) is 0 Å². The summed E-state index contributed by atoms with van der Waals surface area (Å²) in [6.07, 6.45) is -5.37. The van der Waals surface area contributed by atoms with Gasteiger partial charge in [-0.25, -0.2) is 14.2 Å². The zero-order valence-corrected chi connectivity index (χ0v) is 11.2. The minimum absolute atomic E-state index is 0.0206. The topological polar surface area (TPSA) is 76.9 Å². The molecule has 10 heteroatoms. The molecule has 1 aliphatic rings. The minimum Gasteiger partial charge on any atom is -0.465 e. The number of hydrogen-bond donors (Lipinski definition) is 2. The third-order valence-corrected chi connectivity index (χ3v) is 3.39. The Hall–Kier alpha value is -2.10. The first-order chi connectivity index (χ1) is 10.2. The predicted molar refractivity (Wildman–Crippen MR) is 67.0 cm³/mol. The van der Waals surface area contributed by atoms with Gasteiger partial charge in [0.25, 0.3) is 0 Å². The summed E-state index contributed by atoms with van der Waals surface area (Å²) in [5.74, 6) is -1.51. The first kappa shape index (κ1) is 16.3. The van der Waals surface area contributed by atoms with Gasteiger partial charge in [0.2, 0.25) is 0 Å². The molecule has 1 saturated heterocycles. The molecule has 0 spiro atoms. The zero-order valence-electron chi connectivity index (χ0n) is 11.2. The SMILES string of the molecule is O=C(O)N1CCN(c2ncc(C(F)(F)F)cc2F)[C@@H](CO)C1. The molecule has 0 unspecified atom stereocenters. The summed E-state index contributed by atoms with van der Waals surface area (Å²) in [6, 6.07) is -0.441. The van der Waals surface area contributed by atoms with Crippen molar-refractivity contribution in [2.45, 2.75) is 12.2 Å². The first-order valence-electron chi connectivity index (χ1n) is 6.32. The first-order valence-corrected chi connectivity index (χ1v) is 6.32. The van der Waals surface area contributed by atoms with Crippen LogP contribution in [0, 0.1) is 5.82 Å². The molecular formula is C12H13F4N3O3. The molecule has 1 atom stereocenters. The van der Waals surface area contributed by atoms with Gasteiger partial charge in [0, 0.05) is 25.8 Å². The van der Waals surface area contributed by atoms with Gasteiger partial charge in [-0.05, 0) is 6.07 Å². The van der Waals surface area contributed by atoms with Gasteiger partial charge in [0.1, 0.15) is 0 Å². The van der Waals surface area contributed by atoms with Gasteiger partial charge in [-0.2, -0.15) is 13.2 Å². The van der Waals surface area contributed by atoms with Crippen LogP contribution in [0.1, 0.15) is 5.56 Å². The van der Waals surface area contributed by atoms with Crippen LogP contribution < -0.4 is 4.90 Å². The number of halogens is 4. The Bertz CT molecular complexity index is 567. The number of hydrogen-bond acceptors (Lipinski definition) is 4. The summed E-state index contributed by atoms with van der Waals surface area (Å²) in [5.41, 5.74) is -1.21. The van der Waals surface area contributed by atoms with Crippen LogP contribution in [0.5, 0.6) is 0 Å². The number of rotatable bonds is 2. The number of aromatic nitrogens is 1. The highest BCUT2D eigenvalue weighted by atomic mass is 19.4. The Morgan fingerprint density at radius 2 is 2.09 bits per heavy atom. The summed E-state index contributed by atoms with van der Waals surface area (Å²) < 4.78 is 51.4. The third-order valence-electron chi connectivity index (χ3n) is 3.39. The van der Waals surface area contributed by atoms with Crippen molar-refractivity contribution < 1.29 is 32.6 Å². The zero-order chi connectivity index (χ0) is 16.5. The number of alkyl halides is 3. The van der Waals surface area contributed by atoms with Crippen molar-refractivity contribution in [2.75, 3.05) is 31.1 Å². The van der Waals surface area contributed by atoms with Crippen molar-refractivity contribution in [1.82, 2.24) is 9.88 Å². The summed E-state index contributed by atoms with van der Waals surface area (Å²) in [4.78, 5) is 16.7. The van der Waals surface area contributed by atoms with E-state index in [-0.39, 0.29) is 25.5 Å². The fourth-order valence-corrected chi connectivity index (χ4v) is 2.26. The van der Waals surface area contributed by atoms with Crippen molar-refractivity contribution in [3.63, 3.8) is 0 Å². The molecule has 2 rings (SSSR count). The van der Waals surface area contributed by atoms with Gasteiger partial charge < -0.3 is 20.0 Å². The second-order valence-electron chi connectivity index (χ2n) is 4.79. The van der Waals surface area contributed by atoms with Gasteiger partial charge in [0.15, 0.2) is 11.6 Å². The molecule has 0 bridgehead atoms. The van der Waals surface area contributed by atoms with Crippen molar-refractivity contribution in [3.05, 3.63) is 23.6 Å². The van der Waals surface area contributed by atoms with E-state index >= 15 is 0 Å². The Morgan fingerprint density at radius 1 is 1.41 bits per heavy atom. The quantitative estimate of drug-likeness (QED) is 0.805. The molecule has 0 aromatic carbocycles. The van der Waals surface area contributed by atoms with Crippen molar-refractivity contribution in [1.29, 1.82) is 0 Å². The van der Waals surface area contributed by atoms with Crippen molar-refractivity contribution in [3.8, 4) is 0 Å². The molecule has 6 nitrogen and oxygen atoms in total. The number of amides is 1. The maximum Gasteiger partial charge on any atom is 0.417 e. The van der Waals surface area contributed by atoms with E-state index < -0.39 is 36.3 Å². The van der Waals surface area contributed by atoms with Crippen LogP contribution in [0.3, 0.4) is 0 Å². The fraction of sp³-hybridized carbons (Fsp3) is 0.500. The van der Waals surface area contributed by atoms with E-state index in [0.717, 1.165) is 4.90 Å². The van der Waals surface area contributed by atoms with Crippen LogP contribution in [-0.2, 0) is 6.18 Å². The number of aliphatic hydroxyl groups excluding tert-OH is 1. The lowest BCUT2D eigenvalue weighted by Gasteiger charge is -2.40. The Labute approximate surface area is 122 Å². The average molecular weight is 323 g/mol. The predicted octanol–water partition coefficient (Wildman–Crippen LogP) is 1.40. The summed E-state index contributed by atoms with van der Waals surface area (Å²) in [6.45, 7) is -0.513. The molecule has 2 heterocycles. The number of aliphatic hydroxyl groups is 1.